The Labute approximate surface area is 143 Å². The predicted octanol–water partition coefficient (Wildman–Crippen LogP) is 3.99. The summed E-state index contributed by atoms with van der Waals surface area (Å²) in [5.74, 6) is 0.523. The maximum absolute atomic E-state index is 12.2. The maximum Gasteiger partial charge on any atom is 0.260 e. The Morgan fingerprint density at radius 2 is 1.96 bits per heavy atom. The summed E-state index contributed by atoms with van der Waals surface area (Å²) in [7, 11) is 1.75. The number of thiazole rings is 1. The van der Waals surface area contributed by atoms with Crippen molar-refractivity contribution in [1.82, 2.24) is 9.88 Å². The van der Waals surface area contributed by atoms with Crippen molar-refractivity contribution >= 4 is 39.1 Å². The number of fused-ring (bicyclic) bond motifs is 1. The first-order valence-electron chi connectivity index (χ1n) is 7.08. The molecule has 23 heavy (non-hydrogen) atoms. The Balaban J connectivity index is 1.57. The van der Waals surface area contributed by atoms with Crippen LogP contribution >= 0.6 is 22.9 Å². The minimum Gasteiger partial charge on any atom is -0.484 e. The molecule has 0 unspecified atom stereocenters. The van der Waals surface area contributed by atoms with Crippen LogP contribution in [0.3, 0.4) is 0 Å². The lowest BCUT2D eigenvalue weighted by Gasteiger charge is -2.16. The molecule has 0 atom stereocenters. The fourth-order valence-electron chi connectivity index (χ4n) is 2.06. The SMILES string of the molecule is CN(Cc1nc2ccccc2s1)C(=O)COc1ccc(Cl)cc1. The molecule has 0 aliphatic heterocycles. The fourth-order valence-corrected chi connectivity index (χ4v) is 3.21. The molecule has 2 aromatic carbocycles. The standard InChI is InChI=1S/C17H15ClN2O2S/c1-20(10-16-19-14-4-2-3-5-15(14)23-16)17(21)11-22-13-8-6-12(18)7-9-13/h2-9H,10-11H2,1H3. The molecule has 4 nitrogen and oxygen atoms in total. The van der Waals surface area contributed by atoms with Gasteiger partial charge < -0.3 is 9.64 Å². The van der Waals surface area contributed by atoms with Gasteiger partial charge in [-0.25, -0.2) is 4.98 Å². The summed E-state index contributed by atoms with van der Waals surface area (Å²) < 4.78 is 6.60. The third kappa shape index (κ3) is 4.00. The topological polar surface area (TPSA) is 42.4 Å². The van der Waals surface area contributed by atoms with Gasteiger partial charge in [0.15, 0.2) is 6.61 Å². The van der Waals surface area contributed by atoms with Crippen LogP contribution in [-0.2, 0) is 11.3 Å². The second-order valence-corrected chi connectivity index (χ2v) is 6.62. The number of amides is 1. The highest BCUT2D eigenvalue weighted by Gasteiger charge is 2.13. The van der Waals surface area contributed by atoms with Gasteiger partial charge in [0.25, 0.3) is 5.91 Å². The Kier molecular flexibility index (Phi) is 4.79. The molecule has 0 saturated carbocycles. The van der Waals surface area contributed by atoms with E-state index in [9.17, 15) is 4.79 Å². The molecule has 0 aliphatic rings. The summed E-state index contributed by atoms with van der Waals surface area (Å²) in [4.78, 5) is 18.3. The minimum absolute atomic E-state index is 0.0109. The van der Waals surface area contributed by atoms with E-state index >= 15 is 0 Å². The number of aromatic nitrogens is 1. The molecule has 1 aromatic heterocycles. The van der Waals surface area contributed by atoms with Crippen molar-refractivity contribution in [2.75, 3.05) is 13.7 Å². The van der Waals surface area contributed by atoms with Gasteiger partial charge in [0.2, 0.25) is 0 Å². The first-order valence-corrected chi connectivity index (χ1v) is 8.28. The molecule has 118 valence electrons. The third-order valence-corrected chi connectivity index (χ3v) is 4.59. The number of likely N-dealkylation sites (N-methyl/N-ethyl adjacent to an activating group) is 1. The van der Waals surface area contributed by atoms with Crippen LogP contribution in [0, 0.1) is 0 Å². The zero-order valence-corrected chi connectivity index (χ0v) is 14.1. The molecule has 0 aliphatic carbocycles. The second kappa shape index (κ2) is 6.98. The highest BCUT2D eigenvalue weighted by molar-refractivity contribution is 7.18. The van der Waals surface area contributed by atoms with E-state index in [0.29, 0.717) is 17.3 Å². The molecular weight excluding hydrogens is 332 g/mol. The van der Waals surface area contributed by atoms with Gasteiger partial charge in [-0.2, -0.15) is 0 Å². The van der Waals surface area contributed by atoms with Gasteiger partial charge in [-0.1, -0.05) is 23.7 Å². The van der Waals surface area contributed by atoms with Crippen molar-refractivity contribution in [3.63, 3.8) is 0 Å². The van der Waals surface area contributed by atoms with Crippen molar-refractivity contribution in [1.29, 1.82) is 0 Å². The predicted molar refractivity (Wildman–Crippen MR) is 93.0 cm³/mol. The van der Waals surface area contributed by atoms with E-state index in [1.807, 2.05) is 24.3 Å². The van der Waals surface area contributed by atoms with Crippen LogP contribution in [0.15, 0.2) is 48.5 Å². The minimum atomic E-state index is -0.0980. The highest BCUT2D eigenvalue weighted by atomic mass is 35.5. The zero-order chi connectivity index (χ0) is 16.2. The molecule has 0 fully saturated rings. The molecule has 3 rings (SSSR count). The van der Waals surface area contributed by atoms with Gasteiger partial charge in [-0.15, -0.1) is 11.3 Å². The average molecular weight is 347 g/mol. The average Bonchev–Trinajstić information content (AvgIpc) is 2.96. The van der Waals surface area contributed by atoms with Gasteiger partial charge in [0, 0.05) is 12.1 Å². The van der Waals surface area contributed by atoms with Crippen molar-refractivity contribution in [3.05, 3.63) is 58.6 Å². The van der Waals surface area contributed by atoms with E-state index in [2.05, 4.69) is 4.98 Å². The molecule has 0 bridgehead atoms. The molecule has 0 radical (unpaired) electrons. The maximum atomic E-state index is 12.2. The highest BCUT2D eigenvalue weighted by Crippen LogP contribution is 2.22. The second-order valence-electron chi connectivity index (χ2n) is 5.07. The quantitative estimate of drug-likeness (QED) is 0.701. The van der Waals surface area contributed by atoms with Gasteiger partial charge in [0.05, 0.1) is 16.8 Å². The third-order valence-electron chi connectivity index (χ3n) is 3.31. The van der Waals surface area contributed by atoms with Crippen molar-refractivity contribution < 1.29 is 9.53 Å². The van der Waals surface area contributed by atoms with E-state index in [-0.39, 0.29) is 12.5 Å². The first kappa shape index (κ1) is 15.8. The van der Waals surface area contributed by atoms with E-state index < -0.39 is 0 Å². The smallest absolute Gasteiger partial charge is 0.260 e. The summed E-state index contributed by atoms with van der Waals surface area (Å²) in [5, 5.41) is 1.55. The Bertz CT molecular complexity index is 784. The molecule has 3 aromatic rings. The van der Waals surface area contributed by atoms with Gasteiger partial charge >= 0.3 is 0 Å². The normalized spacial score (nSPS) is 10.7. The van der Waals surface area contributed by atoms with Gasteiger partial charge in [0.1, 0.15) is 10.8 Å². The van der Waals surface area contributed by atoms with Crippen LogP contribution in [-0.4, -0.2) is 29.4 Å². The molecule has 0 N–H and O–H groups in total. The summed E-state index contributed by atoms with van der Waals surface area (Å²) >= 11 is 7.41. The van der Waals surface area contributed by atoms with E-state index in [4.69, 9.17) is 16.3 Å². The van der Waals surface area contributed by atoms with Crippen molar-refractivity contribution in [3.8, 4) is 5.75 Å². The summed E-state index contributed by atoms with van der Waals surface area (Å²) in [6.45, 7) is 0.463. The molecular formula is C17H15ClN2O2S. The van der Waals surface area contributed by atoms with Crippen LogP contribution in [0.25, 0.3) is 10.2 Å². The fraction of sp³-hybridized carbons (Fsp3) is 0.176. The molecule has 6 heteroatoms. The molecule has 0 saturated heterocycles. The number of hydrogen-bond acceptors (Lipinski definition) is 4. The number of carbonyl (C=O) groups excluding carboxylic acids is 1. The number of halogens is 1. The molecule has 1 heterocycles. The van der Waals surface area contributed by atoms with Crippen LogP contribution < -0.4 is 4.74 Å². The molecule has 0 spiro atoms. The van der Waals surface area contributed by atoms with Crippen LogP contribution in [0.1, 0.15) is 5.01 Å². The summed E-state index contributed by atoms with van der Waals surface area (Å²) in [6.07, 6.45) is 0. The lowest BCUT2D eigenvalue weighted by Crippen LogP contribution is -2.30. The van der Waals surface area contributed by atoms with Crippen molar-refractivity contribution in [2.24, 2.45) is 0 Å². The lowest BCUT2D eigenvalue weighted by molar-refractivity contribution is -0.132. The van der Waals surface area contributed by atoms with Gasteiger partial charge in [-0.05, 0) is 36.4 Å². The van der Waals surface area contributed by atoms with Crippen LogP contribution in [0.5, 0.6) is 5.75 Å². The summed E-state index contributed by atoms with van der Waals surface area (Å²) in [6, 6.07) is 14.9. The van der Waals surface area contributed by atoms with Gasteiger partial charge in [-0.3, -0.25) is 4.79 Å². The van der Waals surface area contributed by atoms with Crippen molar-refractivity contribution in [2.45, 2.75) is 6.54 Å². The lowest BCUT2D eigenvalue weighted by atomic mass is 10.3. The largest absolute Gasteiger partial charge is 0.484 e. The van der Waals surface area contributed by atoms with E-state index in [1.165, 1.54) is 0 Å². The number of benzene rings is 2. The van der Waals surface area contributed by atoms with Crippen LogP contribution in [0.2, 0.25) is 5.02 Å². The Hall–Kier alpha value is -2.11. The Morgan fingerprint density at radius 1 is 1.22 bits per heavy atom. The zero-order valence-electron chi connectivity index (χ0n) is 12.5. The number of hydrogen-bond donors (Lipinski definition) is 0. The van der Waals surface area contributed by atoms with E-state index in [0.717, 1.165) is 15.2 Å². The number of rotatable bonds is 5. The Morgan fingerprint density at radius 3 is 2.70 bits per heavy atom. The number of ether oxygens (including phenoxy) is 1. The summed E-state index contributed by atoms with van der Waals surface area (Å²) in [5.41, 5.74) is 0.964. The molecule has 1 amide bonds. The number of carbonyl (C=O) groups is 1. The number of nitrogens with zero attached hydrogens (tertiary/aromatic N) is 2. The monoisotopic (exact) mass is 346 g/mol. The number of para-hydroxylation sites is 1. The van der Waals surface area contributed by atoms with E-state index in [1.54, 1.807) is 47.5 Å². The first-order chi connectivity index (χ1) is 11.1. The van der Waals surface area contributed by atoms with Crippen LogP contribution in [0.4, 0.5) is 0 Å².